The van der Waals surface area contributed by atoms with Gasteiger partial charge in [-0.05, 0) is 193 Å². The third-order valence-corrected chi connectivity index (χ3v) is 16.7. The second-order valence-corrected chi connectivity index (χ2v) is 20.4. The second-order valence-electron chi connectivity index (χ2n) is 20.4. The van der Waals surface area contributed by atoms with Crippen LogP contribution in [0.25, 0.3) is 34.1 Å². The number of fused-ring (bicyclic) bond motifs is 4. The van der Waals surface area contributed by atoms with Gasteiger partial charge in [-0.2, -0.15) is 0 Å². The average molecular weight is 962 g/mol. The first-order valence-corrected chi connectivity index (χ1v) is 27.5. The van der Waals surface area contributed by atoms with E-state index < -0.39 is 0 Å². The van der Waals surface area contributed by atoms with Crippen LogP contribution >= 0.6 is 0 Å². The van der Waals surface area contributed by atoms with E-state index in [1.54, 1.807) is 0 Å². The minimum atomic E-state index is 0.607. The molecule has 372 valence electrons. The van der Waals surface area contributed by atoms with Gasteiger partial charge in [0, 0.05) is 86.1 Å². The molecule has 0 aromatic heterocycles. The fourth-order valence-electron chi connectivity index (χ4n) is 12.8. The maximum Gasteiger partial charge on any atom is 0.0653 e. The van der Waals surface area contributed by atoms with Gasteiger partial charge in [0.25, 0.3) is 0 Å². The van der Waals surface area contributed by atoms with Gasteiger partial charge < -0.3 is 20.0 Å². The maximum absolute atomic E-state index is 5.55. The lowest BCUT2D eigenvalue weighted by molar-refractivity contribution is 0.333. The highest BCUT2D eigenvalue weighted by Crippen LogP contribution is 2.53. The molecule has 4 atom stereocenters. The molecule has 0 amide bonds. The Bertz CT molecular complexity index is 3160. The zero-order valence-electron chi connectivity index (χ0n) is 44.2. The highest BCUT2D eigenvalue weighted by atomic mass is 15.1. The van der Waals surface area contributed by atoms with E-state index in [9.17, 15) is 0 Å². The summed E-state index contributed by atoms with van der Waals surface area (Å²) in [5.74, 6) is 2.63. The number of hydrogen-bond donors (Lipinski definition) is 1. The molecule has 0 aliphatic heterocycles. The van der Waals surface area contributed by atoms with E-state index in [2.05, 4.69) is 238 Å². The van der Waals surface area contributed by atoms with Crippen LogP contribution in [0.3, 0.4) is 0 Å². The molecule has 7 aromatic rings. The summed E-state index contributed by atoms with van der Waals surface area (Å²) in [6.07, 6.45) is 8.54. The van der Waals surface area contributed by atoms with E-state index in [1.165, 1.54) is 108 Å². The zero-order valence-corrected chi connectivity index (χ0v) is 44.2. The van der Waals surface area contributed by atoms with E-state index >= 15 is 0 Å². The van der Waals surface area contributed by atoms with E-state index in [-0.39, 0.29) is 0 Å². The number of allylic oxidation sites excluding steroid dienone is 3. The molecular formula is C68H75N5. The monoisotopic (exact) mass is 962 g/mol. The summed E-state index contributed by atoms with van der Waals surface area (Å²) >= 11 is 0. The molecule has 0 spiro atoms. The van der Waals surface area contributed by atoms with Crippen LogP contribution in [0.5, 0.6) is 0 Å². The molecule has 0 radical (unpaired) electrons. The number of anilines is 4. The fourth-order valence-corrected chi connectivity index (χ4v) is 12.8. The van der Waals surface area contributed by atoms with Crippen LogP contribution in [0.2, 0.25) is 0 Å². The minimum Gasteiger partial charge on any atom is -0.384 e. The summed E-state index contributed by atoms with van der Waals surface area (Å²) in [5.41, 5.74) is 17.3. The van der Waals surface area contributed by atoms with Crippen molar-refractivity contribution in [1.29, 1.82) is 0 Å². The Labute approximate surface area is 436 Å². The lowest BCUT2D eigenvalue weighted by Gasteiger charge is -2.25. The lowest BCUT2D eigenvalue weighted by atomic mass is 9.83. The Hall–Kier alpha value is -7.11. The number of aliphatic imine (C=N–C) groups is 1. The molecule has 3 unspecified atom stereocenters. The molecule has 5 heteroatoms. The number of benzene rings is 7. The average Bonchev–Trinajstić information content (AvgIpc) is 3.99. The number of rotatable bonds is 18. The van der Waals surface area contributed by atoms with Crippen molar-refractivity contribution in [3.63, 3.8) is 0 Å². The van der Waals surface area contributed by atoms with E-state index in [1.807, 2.05) is 0 Å². The van der Waals surface area contributed by atoms with Crippen molar-refractivity contribution in [2.24, 2.45) is 28.7 Å². The molecule has 10 rings (SSSR count). The van der Waals surface area contributed by atoms with Crippen LogP contribution in [0.1, 0.15) is 94.2 Å². The van der Waals surface area contributed by atoms with Gasteiger partial charge in [-0.15, -0.1) is 0 Å². The minimum absolute atomic E-state index is 0.607. The van der Waals surface area contributed by atoms with Crippen molar-refractivity contribution in [3.8, 4) is 0 Å². The topological polar surface area (TPSA) is 34.1 Å². The van der Waals surface area contributed by atoms with Gasteiger partial charge in [0.2, 0.25) is 0 Å². The predicted octanol–water partition coefficient (Wildman–Crippen LogP) is 14.1. The van der Waals surface area contributed by atoms with Gasteiger partial charge in [-0.3, -0.25) is 4.99 Å². The summed E-state index contributed by atoms with van der Waals surface area (Å²) in [7, 11) is 0. The van der Waals surface area contributed by atoms with Gasteiger partial charge in [0.05, 0.1) is 5.71 Å². The van der Waals surface area contributed by atoms with Crippen LogP contribution in [0.4, 0.5) is 22.7 Å². The third kappa shape index (κ3) is 10.0. The molecular weight excluding hydrogens is 887 g/mol. The van der Waals surface area contributed by atoms with E-state index in [0.717, 1.165) is 69.2 Å². The Kier molecular flexibility index (Phi) is 15.1. The molecule has 2 fully saturated rings. The molecule has 0 saturated heterocycles. The standard InChI is InChI=1S/C68H75N5/c1-8-71(9-2)54-33-26-49(27-34-54)67(48-24-22-47(7)23-25-48)62-40-42-65(60-20-16-14-18-58(60)62)69-45-53-44-52-32-39-57(53)64(52)46-70-66-43-41-63(59-19-15-17-21-61(59)66)68(50-28-35-55(36-29-50)72(10-3)11-4)51-30-37-56(38-31-51)73(12-5)13-6/h14-31,33-38,40-43,52-53,57,64,69H,7-13,32,39,44-46H2,1-6H3/t52-,53?,57?,64?/m1/s1. The molecule has 2 saturated carbocycles. The highest BCUT2D eigenvalue weighted by Gasteiger charge is 2.47. The van der Waals surface area contributed by atoms with Gasteiger partial charge in [-0.25, -0.2) is 0 Å². The quantitative estimate of drug-likeness (QED) is 0.0929. The van der Waals surface area contributed by atoms with Crippen molar-refractivity contribution >= 4 is 62.5 Å². The van der Waals surface area contributed by atoms with E-state index in [0.29, 0.717) is 17.8 Å². The van der Waals surface area contributed by atoms with Gasteiger partial charge in [0.15, 0.2) is 0 Å². The SMILES string of the molecule is C=c1ccc(=C(c2ccc(N(CC)CC)cc2)c2ccc(NCC3C[C@H]4CCC3C4CN=C3C=CC(=C(c4ccc(N(CC)CC)cc4)c4ccc(N(CC)CC)cc4)c4ccccc43)c3ccccc23)cc1. The van der Waals surface area contributed by atoms with Crippen molar-refractivity contribution in [1.82, 2.24) is 0 Å². The molecule has 3 aliphatic carbocycles. The van der Waals surface area contributed by atoms with Crippen molar-refractivity contribution in [3.05, 3.63) is 214 Å². The summed E-state index contributed by atoms with van der Waals surface area (Å²) in [6, 6.07) is 58.9. The van der Waals surface area contributed by atoms with Crippen LogP contribution in [-0.4, -0.2) is 58.1 Å². The normalized spacial score (nSPS) is 18.3. The summed E-state index contributed by atoms with van der Waals surface area (Å²) in [5, 5.41) is 8.79. The largest absolute Gasteiger partial charge is 0.384 e. The van der Waals surface area contributed by atoms with Crippen LogP contribution in [-0.2, 0) is 0 Å². The molecule has 1 N–H and O–H groups in total. The predicted molar refractivity (Wildman–Crippen MR) is 316 cm³/mol. The first kappa shape index (κ1) is 49.5. The molecule has 3 aliphatic rings. The number of nitrogens with one attached hydrogen (secondary N) is 1. The number of nitrogens with zero attached hydrogens (tertiary/aromatic N) is 4. The van der Waals surface area contributed by atoms with Gasteiger partial charge in [0.1, 0.15) is 0 Å². The second kappa shape index (κ2) is 22.3. The Morgan fingerprint density at radius 3 is 1.62 bits per heavy atom. The Balaban J connectivity index is 0.907. The molecule has 2 bridgehead atoms. The first-order chi connectivity index (χ1) is 35.8. The van der Waals surface area contributed by atoms with Crippen LogP contribution < -0.4 is 30.5 Å². The Morgan fingerprint density at radius 1 is 0.534 bits per heavy atom. The van der Waals surface area contributed by atoms with E-state index in [4.69, 9.17) is 4.99 Å². The van der Waals surface area contributed by atoms with Crippen molar-refractivity contribution in [2.75, 3.05) is 72.4 Å². The molecule has 0 heterocycles. The Morgan fingerprint density at radius 2 is 1.05 bits per heavy atom. The fraction of sp³-hybridized carbons (Fsp3) is 0.309. The van der Waals surface area contributed by atoms with Gasteiger partial charge >= 0.3 is 0 Å². The molecule has 73 heavy (non-hydrogen) atoms. The zero-order chi connectivity index (χ0) is 50.4. The third-order valence-electron chi connectivity index (χ3n) is 16.7. The summed E-state index contributed by atoms with van der Waals surface area (Å²) < 4.78 is 0. The summed E-state index contributed by atoms with van der Waals surface area (Å²) in [6.45, 7) is 25.4. The van der Waals surface area contributed by atoms with Gasteiger partial charge in [-0.1, -0.05) is 128 Å². The molecule has 7 aromatic carbocycles. The first-order valence-electron chi connectivity index (χ1n) is 27.5. The molecule has 5 nitrogen and oxygen atoms in total. The van der Waals surface area contributed by atoms with Crippen LogP contribution in [0.15, 0.2) is 175 Å². The smallest absolute Gasteiger partial charge is 0.0653 e. The summed E-state index contributed by atoms with van der Waals surface area (Å²) in [4.78, 5) is 12.8. The number of hydrogen-bond acceptors (Lipinski definition) is 5. The van der Waals surface area contributed by atoms with Crippen molar-refractivity contribution in [2.45, 2.75) is 60.8 Å². The van der Waals surface area contributed by atoms with Crippen LogP contribution in [0, 0.1) is 23.7 Å². The van der Waals surface area contributed by atoms with Crippen molar-refractivity contribution < 1.29 is 0 Å². The highest BCUT2D eigenvalue weighted by molar-refractivity contribution is 6.19. The maximum atomic E-state index is 5.55. The lowest BCUT2D eigenvalue weighted by Crippen LogP contribution is -2.22.